The molecule has 0 aromatic carbocycles. The molecule has 1 aromatic heterocycles. The largest absolute Gasteiger partial charge is 0.481 e. The van der Waals surface area contributed by atoms with Gasteiger partial charge in [0, 0.05) is 12.4 Å². The summed E-state index contributed by atoms with van der Waals surface area (Å²) in [5.74, 6) is -0.616. The minimum absolute atomic E-state index is 0. The lowest BCUT2D eigenvalue weighted by atomic mass is 10.1. The highest BCUT2D eigenvalue weighted by Gasteiger charge is 2.43. The first-order valence-corrected chi connectivity index (χ1v) is 3.92. The predicted octanol–water partition coefficient (Wildman–Crippen LogP) is 2.11. The molecule has 1 fully saturated rings. The van der Waals surface area contributed by atoms with Crippen LogP contribution in [0.15, 0.2) is 24.5 Å². The molecule has 5 heteroatoms. The molecule has 0 saturated heterocycles. The Morgan fingerprint density at radius 2 is 1.93 bits per heavy atom. The smallest absolute Gasteiger partial charge is 0.307 e. The first-order valence-electron chi connectivity index (χ1n) is 3.92. The van der Waals surface area contributed by atoms with Crippen LogP contribution in [0, 0.1) is 5.92 Å². The molecule has 0 spiro atoms. The molecule has 0 aliphatic heterocycles. The highest BCUT2D eigenvalue weighted by molar-refractivity contribution is 5.85. The number of carboxylic acid groups (broad SMARTS) is 1. The lowest BCUT2D eigenvalue weighted by Crippen LogP contribution is -1.98. The van der Waals surface area contributed by atoms with Gasteiger partial charge in [-0.3, -0.25) is 9.78 Å². The number of carbonyl (C=O) groups is 1. The molecule has 1 aliphatic rings. The number of nitrogens with zero attached hydrogens (tertiary/aromatic N) is 1. The van der Waals surface area contributed by atoms with E-state index in [1.54, 1.807) is 12.4 Å². The fourth-order valence-electron chi connectivity index (χ4n) is 1.45. The summed E-state index contributed by atoms with van der Waals surface area (Å²) in [6, 6.07) is 3.77. The number of hydrogen-bond donors (Lipinski definition) is 1. The summed E-state index contributed by atoms with van der Waals surface area (Å²) in [5, 5.41) is 8.67. The van der Waals surface area contributed by atoms with Crippen LogP contribution < -0.4 is 0 Å². The van der Waals surface area contributed by atoms with Gasteiger partial charge in [0.05, 0.1) is 5.92 Å². The summed E-state index contributed by atoms with van der Waals surface area (Å²) in [6.07, 6.45) is 4.18. The van der Waals surface area contributed by atoms with Crippen LogP contribution in [-0.2, 0) is 4.79 Å². The molecule has 2 atom stereocenters. The third-order valence-corrected chi connectivity index (χ3v) is 2.24. The Balaban J connectivity index is 0.000000845. The molecule has 0 radical (unpaired) electrons. The zero-order valence-corrected chi connectivity index (χ0v) is 8.92. The molecule has 1 heterocycles. The van der Waals surface area contributed by atoms with Crippen LogP contribution in [0.4, 0.5) is 0 Å². The van der Waals surface area contributed by atoms with Crippen molar-refractivity contribution in [3.63, 3.8) is 0 Å². The Bertz CT molecular complexity index is 305. The van der Waals surface area contributed by atoms with Gasteiger partial charge in [-0.25, -0.2) is 0 Å². The Morgan fingerprint density at radius 1 is 1.36 bits per heavy atom. The van der Waals surface area contributed by atoms with E-state index < -0.39 is 5.97 Å². The van der Waals surface area contributed by atoms with Crippen LogP contribution >= 0.6 is 24.8 Å². The fraction of sp³-hybridized carbons (Fsp3) is 0.333. The molecule has 2 rings (SSSR count). The van der Waals surface area contributed by atoms with Crippen molar-refractivity contribution in [2.45, 2.75) is 12.3 Å². The molecule has 0 bridgehead atoms. The first kappa shape index (κ1) is 13.2. The van der Waals surface area contributed by atoms with E-state index in [1.807, 2.05) is 12.1 Å². The fourth-order valence-corrected chi connectivity index (χ4v) is 1.45. The van der Waals surface area contributed by atoms with Crippen LogP contribution in [0.2, 0.25) is 0 Å². The van der Waals surface area contributed by atoms with Gasteiger partial charge in [-0.05, 0) is 30.0 Å². The van der Waals surface area contributed by atoms with Crippen molar-refractivity contribution in [3.05, 3.63) is 30.1 Å². The maximum Gasteiger partial charge on any atom is 0.307 e. The topological polar surface area (TPSA) is 50.2 Å². The SMILES string of the molecule is Cl.Cl.O=C(O)[C@H]1C[C@H]1c1ccncc1. The summed E-state index contributed by atoms with van der Waals surface area (Å²) >= 11 is 0. The number of aromatic nitrogens is 1. The van der Waals surface area contributed by atoms with E-state index in [-0.39, 0.29) is 36.6 Å². The molecule has 3 nitrogen and oxygen atoms in total. The Labute approximate surface area is 94.4 Å². The standard InChI is InChI=1S/C9H9NO2.2ClH/c11-9(12)8-5-7(8)6-1-3-10-4-2-6;;/h1-4,7-8H,5H2,(H,11,12);2*1H/t7-,8-;;/m0../s1. The number of rotatable bonds is 2. The van der Waals surface area contributed by atoms with E-state index in [0.717, 1.165) is 12.0 Å². The van der Waals surface area contributed by atoms with Crippen molar-refractivity contribution >= 4 is 30.8 Å². The second-order valence-corrected chi connectivity index (χ2v) is 3.07. The molecule has 14 heavy (non-hydrogen) atoms. The Morgan fingerprint density at radius 3 is 2.36 bits per heavy atom. The molecule has 1 aromatic rings. The normalized spacial score (nSPS) is 22.9. The van der Waals surface area contributed by atoms with Crippen LogP contribution in [0.3, 0.4) is 0 Å². The third kappa shape index (κ3) is 2.59. The van der Waals surface area contributed by atoms with E-state index in [4.69, 9.17) is 5.11 Å². The zero-order chi connectivity index (χ0) is 8.55. The number of aliphatic carboxylic acids is 1. The second-order valence-electron chi connectivity index (χ2n) is 3.07. The van der Waals surface area contributed by atoms with Crippen molar-refractivity contribution in [1.29, 1.82) is 0 Å². The monoisotopic (exact) mass is 235 g/mol. The van der Waals surface area contributed by atoms with Crippen LogP contribution in [0.1, 0.15) is 17.9 Å². The lowest BCUT2D eigenvalue weighted by molar-refractivity contribution is -0.138. The van der Waals surface area contributed by atoms with Gasteiger partial charge in [0.2, 0.25) is 0 Å². The molecule has 0 unspecified atom stereocenters. The van der Waals surface area contributed by atoms with Gasteiger partial charge in [0.25, 0.3) is 0 Å². The van der Waals surface area contributed by atoms with Gasteiger partial charge >= 0.3 is 5.97 Å². The molecule has 1 N–H and O–H groups in total. The van der Waals surface area contributed by atoms with Crippen LogP contribution in [0.25, 0.3) is 0 Å². The van der Waals surface area contributed by atoms with E-state index in [9.17, 15) is 4.79 Å². The van der Waals surface area contributed by atoms with Gasteiger partial charge in [-0.1, -0.05) is 0 Å². The van der Waals surface area contributed by atoms with E-state index in [1.165, 1.54) is 0 Å². The summed E-state index contributed by atoms with van der Waals surface area (Å²) in [4.78, 5) is 14.4. The summed E-state index contributed by atoms with van der Waals surface area (Å²) < 4.78 is 0. The van der Waals surface area contributed by atoms with Crippen LogP contribution in [0.5, 0.6) is 0 Å². The molecular weight excluding hydrogens is 225 g/mol. The number of pyridine rings is 1. The molecular formula is C9H11Cl2NO2. The van der Waals surface area contributed by atoms with Crippen molar-refractivity contribution in [1.82, 2.24) is 4.98 Å². The van der Waals surface area contributed by atoms with Crippen molar-refractivity contribution in [3.8, 4) is 0 Å². The van der Waals surface area contributed by atoms with Crippen LogP contribution in [-0.4, -0.2) is 16.1 Å². The highest BCUT2D eigenvalue weighted by atomic mass is 35.5. The van der Waals surface area contributed by atoms with Crippen molar-refractivity contribution in [2.75, 3.05) is 0 Å². The molecule has 0 amide bonds. The van der Waals surface area contributed by atoms with E-state index in [2.05, 4.69) is 4.98 Å². The maximum absolute atomic E-state index is 10.5. The first-order chi connectivity index (χ1) is 5.79. The third-order valence-electron chi connectivity index (χ3n) is 2.24. The average molecular weight is 236 g/mol. The zero-order valence-electron chi connectivity index (χ0n) is 7.29. The number of carboxylic acids is 1. The number of hydrogen-bond acceptors (Lipinski definition) is 2. The summed E-state index contributed by atoms with van der Waals surface area (Å²) in [7, 11) is 0. The summed E-state index contributed by atoms with van der Waals surface area (Å²) in [6.45, 7) is 0. The quantitative estimate of drug-likeness (QED) is 0.855. The lowest BCUT2D eigenvalue weighted by Gasteiger charge is -1.95. The van der Waals surface area contributed by atoms with Gasteiger partial charge < -0.3 is 5.11 Å². The summed E-state index contributed by atoms with van der Waals surface area (Å²) in [5.41, 5.74) is 1.09. The van der Waals surface area contributed by atoms with Gasteiger partial charge in [0.15, 0.2) is 0 Å². The highest BCUT2D eigenvalue weighted by Crippen LogP contribution is 2.47. The Hall–Kier alpha value is -0.800. The molecule has 78 valence electrons. The van der Waals surface area contributed by atoms with Gasteiger partial charge in [-0.15, -0.1) is 24.8 Å². The van der Waals surface area contributed by atoms with E-state index >= 15 is 0 Å². The van der Waals surface area contributed by atoms with Gasteiger partial charge in [0.1, 0.15) is 0 Å². The maximum atomic E-state index is 10.5. The van der Waals surface area contributed by atoms with Crippen molar-refractivity contribution in [2.24, 2.45) is 5.92 Å². The average Bonchev–Trinajstić information content (AvgIpc) is 2.84. The minimum Gasteiger partial charge on any atom is -0.481 e. The van der Waals surface area contributed by atoms with Gasteiger partial charge in [-0.2, -0.15) is 0 Å². The Kier molecular flexibility index (Phi) is 4.88. The molecule has 1 aliphatic carbocycles. The van der Waals surface area contributed by atoms with E-state index in [0.29, 0.717) is 0 Å². The second kappa shape index (κ2) is 5.17. The minimum atomic E-state index is -0.684. The predicted molar refractivity (Wildman–Crippen MR) is 57.2 cm³/mol. The van der Waals surface area contributed by atoms with Crippen molar-refractivity contribution < 1.29 is 9.90 Å². The number of halogens is 2. The molecule has 1 saturated carbocycles.